The fourth-order valence-electron chi connectivity index (χ4n) is 2.10. The largest absolute Gasteiger partial charge is 0.356 e. The lowest BCUT2D eigenvalue weighted by atomic mass is 10.3. The van der Waals surface area contributed by atoms with Crippen LogP contribution in [0.5, 0.6) is 0 Å². The maximum absolute atomic E-state index is 12.0. The lowest BCUT2D eigenvalue weighted by Gasteiger charge is -2.03. The van der Waals surface area contributed by atoms with Crippen LogP contribution in [0.15, 0.2) is 40.1 Å². The highest BCUT2D eigenvalue weighted by atomic mass is 32.1. The van der Waals surface area contributed by atoms with Crippen LogP contribution in [-0.4, -0.2) is 31.6 Å². The highest BCUT2D eigenvalue weighted by Crippen LogP contribution is 2.00. The number of hydrogen-bond donors (Lipinski definition) is 1. The van der Waals surface area contributed by atoms with Crippen molar-refractivity contribution in [2.45, 2.75) is 19.4 Å². The summed E-state index contributed by atoms with van der Waals surface area (Å²) in [5, 5.41) is 8.96. The monoisotopic (exact) mass is 317 g/mol. The van der Waals surface area contributed by atoms with E-state index in [1.165, 1.54) is 20.4 Å². The Bertz CT molecular complexity index is 821. The van der Waals surface area contributed by atoms with Crippen LogP contribution < -0.4 is 11.0 Å². The Balaban J connectivity index is 1.51. The second-order valence-electron chi connectivity index (χ2n) is 4.76. The number of nitrogens with one attached hydrogen (secondary N) is 1. The van der Waals surface area contributed by atoms with E-state index in [0.29, 0.717) is 18.6 Å². The first-order chi connectivity index (χ1) is 10.7. The third-order valence-electron chi connectivity index (χ3n) is 3.23. The standard InChI is InChI=1S/C14H15N5O2S/c20-13(15-6-4-11-9-22-10-16-11)5-8-19-14(21)18-7-2-1-3-12(18)17-19/h1-3,7,9-10H,4-6,8H2,(H,15,20). The van der Waals surface area contributed by atoms with Crippen LogP contribution in [0.3, 0.4) is 0 Å². The molecule has 0 unspecified atom stereocenters. The normalized spacial score (nSPS) is 10.9. The van der Waals surface area contributed by atoms with Crippen LogP contribution in [0.1, 0.15) is 12.1 Å². The minimum atomic E-state index is -0.231. The summed E-state index contributed by atoms with van der Waals surface area (Å²) in [7, 11) is 0. The van der Waals surface area contributed by atoms with Gasteiger partial charge in [-0.2, -0.15) is 0 Å². The number of carbonyl (C=O) groups is 1. The predicted molar refractivity (Wildman–Crippen MR) is 82.9 cm³/mol. The van der Waals surface area contributed by atoms with Gasteiger partial charge in [-0.15, -0.1) is 16.4 Å². The predicted octanol–water partition coefficient (Wildman–Crippen LogP) is 0.701. The molecular formula is C14H15N5O2S. The van der Waals surface area contributed by atoms with Crippen molar-refractivity contribution >= 4 is 22.9 Å². The van der Waals surface area contributed by atoms with Crippen molar-refractivity contribution in [1.82, 2.24) is 24.5 Å². The molecule has 0 aromatic carbocycles. The van der Waals surface area contributed by atoms with Crippen LogP contribution in [0.2, 0.25) is 0 Å². The zero-order valence-electron chi connectivity index (χ0n) is 11.8. The van der Waals surface area contributed by atoms with E-state index in [1.807, 2.05) is 11.4 Å². The average molecular weight is 317 g/mol. The Hall–Kier alpha value is -2.48. The molecule has 0 bridgehead atoms. The summed E-state index contributed by atoms with van der Waals surface area (Å²) in [6, 6.07) is 5.34. The molecule has 1 amide bonds. The Kier molecular flexibility index (Phi) is 4.29. The Labute approximate surface area is 130 Å². The molecule has 0 atom stereocenters. The first-order valence-corrected chi connectivity index (χ1v) is 7.86. The summed E-state index contributed by atoms with van der Waals surface area (Å²) in [6.45, 7) is 0.811. The quantitative estimate of drug-likeness (QED) is 0.726. The molecule has 3 heterocycles. The maximum atomic E-state index is 12.0. The fourth-order valence-corrected chi connectivity index (χ4v) is 2.69. The second kappa shape index (κ2) is 6.52. The van der Waals surface area contributed by atoms with E-state index in [-0.39, 0.29) is 24.6 Å². The van der Waals surface area contributed by atoms with E-state index in [4.69, 9.17) is 0 Å². The third-order valence-corrected chi connectivity index (χ3v) is 3.86. The second-order valence-corrected chi connectivity index (χ2v) is 5.48. The summed E-state index contributed by atoms with van der Waals surface area (Å²) >= 11 is 1.54. The van der Waals surface area contributed by atoms with Crippen molar-refractivity contribution < 1.29 is 4.79 Å². The van der Waals surface area contributed by atoms with Gasteiger partial charge in [0.05, 0.1) is 17.7 Å². The molecule has 7 nitrogen and oxygen atoms in total. The van der Waals surface area contributed by atoms with Crippen LogP contribution >= 0.6 is 11.3 Å². The smallest absolute Gasteiger partial charge is 0.350 e. The summed E-state index contributed by atoms with van der Waals surface area (Å²) in [6.07, 6.45) is 2.60. The van der Waals surface area contributed by atoms with Gasteiger partial charge in [0.2, 0.25) is 5.91 Å². The molecule has 3 aromatic heterocycles. The topological polar surface area (TPSA) is 81.3 Å². The van der Waals surface area contributed by atoms with Crippen molar-refractivity contribution in [2.24, 2.45) is 0 Å². The molecule has 0 saturated carbocycles. The van der Waals surface area contributed by atoms with Gasteiger partial charge < -0.3 is 5.32 Å². The first kappa shape index (κ1) is 14.5. The molecule has 22 heavy (non-hydrogen) atoms. The molecule has 0 fully saturated rings. The molecule has 0 saturated heterocycles. The number of rotatable bonds is 6. The third kappa shape index (κ3) is 3.22. The van der Waals surface area contributed by atoms with Crippen molar-refractivity contribution in [3.63, 3.8) is 0 Å². The molecule has 3 rings (SSSR count). The number of nitrogens with zero attached hydrogens (tertiary/aromatic N) is 4. The van der Waals surface area contributed by atoms with Gasteiger partial charge >= 0.3 is 5.69 Å². The number of amides is 1. The van der Waals surface area contributed by atoms with Crippen LogP contribution in [0.4, 0.5) is 0 Å². The number of aromatic nitrogens is 4. The van der Waals surface area contributed by atoms with Gasteiger partial charge in [0.25, 0.3) is 0 Å². The van der Waals surface area contributed by atoms with E-state index in [0.717, 1.165) is 5.69 Å². The van der Waals surface area contributed by atoms with Gasteiger partial charge in [-0.3, -0.25) is 9.20 Å². The lowest BCUT2D eigenvalue weighted by molar-refractivity contribution is -0.121. The molecule has 0 aliphatic heterocycles. The Morgan fingerprint density at radius 2 is 2.27 bits per heavy atom. The van der Waals surface area contributed by atoms with Gasteiger partial charge in [0.15, 0.2) is 5.65 Å². The highest BCUT2D eigenvalue weighted by molar-refractivity contribution is 7.07. The summed E-state index contributed by atoms with van der Waals surface area (Å²) in [5.74, 6) is -0.0980. The maximum Gasteiger partial charge on any atom is 0.350 e. The van der Waals surface area contributed by atoms with Crippen LogP contribution in [-0.2, 0) is 17.8 Å². The minimum Gasteiger partial charge on any atom is -0.356 e. The number of hydrogen-bond acceptors (Lipinski definition) is 5. The van der Waals surface area contributed by atoms with Gasteiger partial charge in [0.1, 0.15) is 0 Å². The van der Waals surface area contributed by atoms with E-state index < -0.39 is 0 Å². The molecule has 0 aliphatic rings. The molecule has 0 aliphatic carbocycles. The van der Waals surface area contributed by atoms with Crippen molar-refractivity contribution in [3.8, 4) is 0 Å². The number of thiazole rings is 1. The van der Waals surface area contributed by atoms with Crippen LogP contribution in [0, 0.1) is 0 Å². The molecule has 3 aromatic rings. The van der Waals surface area contributed by atoms with Crippen molar-refractivity contribution in [3.05, 3.63) is 51.5 Å². The molecule has 0 radical (unpaired) electrons. The number of carbonyl (C=O) groups excluding carboxylic acids is 1. The Morgan fingerprint density at radius 1 is 1.36 bits per heavy atom. The average Bonchev–Trinajstić information content (AvgIpc) is 3.14. The zero-order chi connectivity index (χ0) is 15.4. The summed E-state index contributed by atoms with van der Waals surface area (Å²) < 4.78 is 2.77. The van der Waals surface area contributed by atoms with Gasteiger partial charge in [-0.05, 0) is 12.1 Å². The van der Waals surface area contributed by atoms with Gasteiger partial charge in [-0.1, -0.05) is 6.07 Å². The summed E-state index contributed by atoms with van der Waals surface area (Å²) in [4.78, 5) is 28.0. The summed E-state index contributed by atoms with van der Waals surface area (Å²) in [5.41, 5.74) is 3.09. The SMILES string of the molecule is O=C(CCn1nc2ccccn2c1=O)NCCc1cscn1. The zero-order valence-corrected chi connectivity index (χ0v) is 12.6. The van der Waals surface area contributed by atoms with E-state index >= 15 is 0 Å². The molecule has 1 N–H and O–H groups in total. The lowest BCUT2D eigenvalue weighted by Crippen LogP contribution is -2.29. The molecule has 8 heteroatoms. The van der Waals surface area contributed by atoms with E-state index in [9.17, 15) is 9.59 Å². The van der Waals surface area contributed by atoms with Crippen molar-refractivity contribution in [1.29, 1.82) is 0 Å². The van der Waals surface area contributed by atoms with Crippen LogP contribution in [0.25, 0.3) is 5.65 Å². The molecular weight excluding hydrogens is 302 g/mol. The fraction of sp³-hybridized carbons (Fsp3) is 0.286. The molecule has 0 spiro atoms. The number of fused-ring (bicyclic) bond motifs is 1. The Morgan fingerprint density at radius 3 is 3.05 bits per heavy atom. The minimum absolute atomic E-state index is 0.0980. The highest BCUT2D eigenvalue weighted by Gasteiger charge is 2.08. The molecule has 114 valence electrons. The van der Waals surface area contributed by atoms with Gasteiger partial charge in [0, 0.05) is 31.0 Å². The van der Waals surface area contributed by atoms with E-state index in [2.05, 4.69) is 15.4 Å². The van der Waals surface area contributed by atoms with E-state index in [1.54, 1.807) is 23.8 Å². The number of pyridine rings is 1. The van der Waals surface area contributed by atoms with Crippen molar-refractivity contribution in [2.75, 3.05) is 6.54 Å². The first-order valence-electron chi connectivity index (χ1n) is 6.92. The van der Waals surface area contributed by atoms with Gasteiger partial charge in [-0.25, -0.2) is 14.5 Å². The number of aryl methyl sites for hydroxylation is 1.